The van der Waals surface area contributed by atoms with Crippen molar-refractivity contribution < 1.29 is 4.79 Å². The van der Waals surface area contributed by atoms with Crippen LogP contribution in [0.3, 0.4) is 0 Å². The van der Waals surface area contributed by atoms with E-state index in [1.807, 2.05) is 66.6 Å². The number of carbonyl (C=O) groups is 1. The van der Waals surface area contributed by atoms with Gasteiger partial charge >= 0.3 is 6.03 Å². The Morgan fingerprint density at radius 1 is 1.07 bits per heavy atom. The van der Waals surface area contributed by atoms with Crippen molar-refractivity contribution in [2.24, 2.45) is 0 Å². The second-order valence-corrected chi connectivity index (χ2v) is 6.93. The Balaban J connectivity index is 1.48. The zero-order valence-electron chi connectivity index (χ0n) is 15.6. The highest BCUT2D eigenvalue weighted by Crippen LogP contribution is 2.22. The molecule has 5 heteroatoms. The van der Waals surface area contributed by atoms with Crippen molar-refractivity contribution >= 4 is 11.7 Å². The highest BCUT2D eigenvalue weighted by atomic mass is 16.2. The number of aromatic nitrogens is 2. The maximum absolute atomic E-state index is 12.6. The Kier molecular flexibility index (Phi) is 4.59. The molecular formula is C22H22N4O. The van der Waals surface area contributed by atoms with Gasteiger partial charge < -0.3 is 10.2 Å². The van der Waals surface area contributed by atoms with Crippen molar-refractivity contribution in [2.45, 2.75) is 26.8 Å². The van der Waals surface area contributed by atoms with Crippen molar-refractivity contribution in [2.75, 3.05) is 11.9 Å². The molecular weight excluding hydrogens is 336 g/mol. The first-order valence-corrected chi connectivity index (χ1v) is 9.13. The molecule has 1 aliphatic heterocycles. The molecule has 2 heterocycles. The number of carbonyl (C=O) groups excluding carboxylic acids is 1. The van der Waals surface area contributed by atoms with Crippen molar-refractivity contribution in [1.82, 2.24) is 14.9 Å². The van der Waals surface area contributed by atoms with Crippen LogP contribution in [0.2, 0.25) is 0 Å². The van der Waals surface area contributed by atoms with E-state index in [1.165, 1.54) is 11.1 Å². The minimum Gasteiger partial charge on any atom is -0.320 e. The van der Waals surface area contributed by atoms with Crippen molar-refractivity contribution in [3.8, 4) is 11.4 Å². The molecule has 2 amide bonds. The molecule has 1 aliphatic rings. The zero-order chi connectivity index (χ0) is 18.8. The summed E-state index contributed by atoms with van der Waals surface area (Å²) in [6.07, 6.45) is 2.58. The number of amides is 2. The summed E-state index contributed by atoms with van der Waals surface area (Å²) in [5, 5.41) is 2.99. The van der Waals surface area contributed by atoms with Crippen LogP contribution in [-0.4, -0.2) is 27.4 Å². The molecule has 2 aromatic carbocycles. The third-order valence-corrected chi connectivity index (χ3v) is 5.01. The number of aryl methyl sites for hydroxylation is 2. The Labute approximate surface area is 159 Å². The summed E-state index contributed by atoms with van der Waals surface area (Å²) in [7, 11) is 0. The first kappa shape index (κ1) is 17.2. The summed E-state index contributed by atoms with van der Waals surface area (Å²) in [6, 6.07) is 15.8. The van der Waals surface area contributed by atoms with Gasteiger partial charge in [-0.3, -0.25) is 0 Å². The summed E-state index contributed by atoms with van der Waals surface area (Å²) in [6.45, 7) is 5.28. The van der Waals surface area contributed by atoms with Gasteiger partial charge in [0.15, 0.2) is 5.82 Å². The lowest BCUT2D eigenvalue weighted by Gasteiger charge is -2.28. The molecule has 0 fully saturated rings. The van der Waals surface area contributed by atoms with Crippen LogP contribution >= 0.6 is 0 Å². The molecule has 5 nitrogen and oxygen atoms in total. The Bertz CT molecular complexity index is 985. The summed E-state index contributed by atoms with van der Waals surface area (Å²) < 4.78 is 0. The number of urea groups is 1. The average Bonchev–Trinajstić information content (AvgIpc) is 2.70. The van der Waals surface area contributed by atoms with Crippen LogP contribution in [0.4, 0.5) is 10.5 Å². The standard InChI is InChI=1S/C22H22N4O/c1-15-8-9-19(12-16(15)2)24-22(27)26-11-10-20-18(14-26)13-23-21(25-20)17-6-4-3-5-7-17/h3-9,12-13H,10-11,14H2,1-2H3,(H,24,27). The van der Waals surface area contributed by atoms with Gasteiger partial charge in [-0.25, -0.2) is 14.8 Å². The number of hydrogen-bond donors (Lipinski definition) is 1. The number of rotatable bonds is 2. The molecule has 1 aromatic heterocycles. The van der Waals surface area contributed by atoms with Gasteiger partial charge in [0.1, 0.15) is 0 Å². The summed E-state index contributed by atoms with van der Waals surface area (Å²) in [5.41, 5.74) is 6.25. The minimum absolute atomic E-state index is 0.0870. The van der Waals surface area contributed by atoms with Crippen molar-refractivity contribution in [3.63, 3.8) is 0 Å². The van der Waals surface area contributed by atoms with E-state index in [2.05, 4.69) is 17.2 Å². The predicted molar refractivity (Wildman–Crippen MR) is 107 cm³/mol. The van der Waals surface area contributed by atoms with Crippen LogP contribution in [0.15, 0.2) is 54.7 Å². The molecule has 0 unspecified atom stereocenters. The van der Waals surface area contributed by atoms with E-state index in [9.17, 15) is 4.79 Å². The maximum Gasteiger partial charge on any atom is 0.322 e. The SMILES string of the molecule is Cc1ccc(NC(=O)N2CCc3nc(-c4ccccc4)ncc3C2)cc1C. The van der Waals surface area contributed by atoms with Gasteiger partial charge in [0.05, 0.1) is 12.2 Å². The minimum atomic E-state index is -0.0870. The molecule has 27 heavy (non-hydrogen) atoms. The molecule has 3 aromatic rings. The second-order valence-electron chi connectivity index (χ2n) is 6.93. The van der Waals surface area contributed by atoms with E-state index in [-0.39, 0.29) is 6.03 Å². The van der Waals surface area contributed by atoms with Crippen LogP contribution in [-0.2, 0) is 13.0 Å². The van der Waals surface area contributed by atoms with Gasteiger partial charge in [-0.15, -0.1) is 0 Å². The lowest BCUT2D eigenvalue weighted by atomic mass is 10.1. The highest BCUT2D eigenvalue weighted by molar-refractivity contribution is 5.89. The van der Waals surface area contributed by atoms with Crippen LogP contribution in [0, 0.1) is 13.8 Å². The Hall–Kier alpha value is -3.21. The number of nitrogens with zero attached hydrogens (tertiary/aromatic N) is 3. The van der Waals surface area contributed by atoms with Gasteiger partial charge in [0.25, 0.3) is 0 Å². The Morgan fingerprint density at radius 3 is 2.67 bits per heavy atom. The Morgan fingerprint density at radius 2 is 1.89 bits per heavy atom. The van der Waals surface area contributed by atoms with E-state index in [0.717, 1.165) is 34.8 Å². The summed E-state index contributed by atoms with van der Waals surface area (Å²) >= 11 is 0. The molecule has 0 spiro atoms. The van der Waals surface area contributed by atoms with E-state index >= 15 is 0 Å². The first-order chi connectivity index (χ1) is 13.1. The maximum atomic E-state index is 12.6. The quantitative estimate of drug-likeness (QED) is 0.741. The van der Waals surface area contributed by atoms with Gasteiger partial charge in [-0.2, -0.15) is 0 Å². The van der Waals surface area contributed by atoms with E-state index in [1.54, 1.807) is 0 Å². The van der Waals surface area contributed by atoms with Crippen LogP contribution in [0.5, 0.6) is 0 Å². The van der Waals surface area contributed by atoms with Crippen molar-refractivity contribution in [3.05, 3.63) is 77.1 Å². The molecule has 0 saturated carbocycles. The van der Waals surface area contributed by atoms with Crippen LogP contribution in [0.1, 0.15) is 22.4 Å². The number of benzene rings is 2. The normalized spacial score (nSPS) is 13.2. The molecule has 0 radical (unpaired) electrons. The zero-order valence-corrected chi connectivity index (χ0v) is 15.6. The number of anilines is 1. The predicted octanol–water partition coefficient (Wildman–Crippen LogP) is 4.35. The third kappa shape index (κ3) is 3.67. The highest BCUT2D eigenvalue weighted by Gasteiger charge is 2.22. The number of nitrogens with one attached hydrogen (secondary N) is 1. The van der Waals surface area contributed by atoms with Gasteiger partial charge in [-0.1, -0.05) is 36.4 Å². The fraction of sp³-hybridized carbons (Fsp3) is 0.227. The fourth-order valence-electron chi connectivity index (χ4n) is 3.24. The molecule has 0 aliphatic carbocycles. The molecule has 136 valence electrons. The monoisotopic (exact) mass is 358 g/mol. The largest absolute Gasteiger partial charge is 0.322 e. The first-order valence-electron chi connectivity index (χ1n) is 9.13. The van der Waals surface area contributed by atoms with Gasteiger partial charge in [0, 0.05) is 36.0 Å². The lowest BCUT2D eigenvalue weighted by molar-refractivity contribution is 0.206. The second kappa shape index (κ2) is 7.19. The van der Waals surface area contributed by atoms with Crippen LogP contribution < -0.4 is 5.32 Å². The number of fused-ring (bicyclic) bond motifs is 1. The third-order valence-electron chi connectivity index (χ3n) is 5.01. The van der Waals surface area contributed by atoms with Gasteiger partial charge in [-0.05, 0) is 37.1 Å². The molecule has 0 saturated heterocycles. The molecule has 1 N–H and O–H groups in total. The van der Waals surface area contributed by atoms with E-state index in [4.69, 9.17) is 4.98 Å². The average molecular weight is 358 g/mol. The summed E-state index contributed by atoms with van der Waals surface area (Å²) in [5.74, 6) is 0.738. The van der Waals surface area contributed by atoms with E-state index < -0.39 is 0 Å². The van der Waals surface area contributed by atoms with Crippen molar-refractivity contribution in [1.29, 1.82) is 0 Å². The van der Waals surface area contributed by atoms with E-state index in [0.29, 0.717) is 13.1 Å². The fourth-order valence-corrected chi connectivity index (χ4v) is 3.24. The lowest BCUT2D eigenvalue weighted by Crippen LogP contribution is -2.39. The number of hydrogen-bond acceptors (Lipinski definition) is 3. The topological polar surface area (TPSA) is 58.1 Å². The summed E-state index contributed by atoms with van der Waals surface area (Å²) in [4.78, 5) is 23.6. The van der Waals surface area contributed by atoms with Gasteiger partial charge in [0.2, 0.25) is 0 Å². The van der Waals surface area contributed by atoms with Crippen LogP contribution in [0.25, 0.3) is 11.4 Å². The molecule has 0 bridgehead atoms. The molecule has 0 atom stereocenters. The smallest absolute Gasteiger partial charge is 0.320 e. The molecule has 4 rings (SSSR count).